The Bertz CT molecular complexity index is 100. The van der Waals surface area contributed by atoms with Crippen molar-refractivity contribution in [1.29, 1.82) is 0 Å². The molecule has 2 fully saturated rings. The fourth-order valence-corrected chi connectivity index (χ4v) is 2.61. The molecule has 0 bridgehead atoms. The van der Waals surface area contributed by atoms with Crippen LogP contribution >= 0.6 is 0 Å². The maximum Gasteiger partial charge on any atom is -0.0443 e. The van der Waals surface area contributed by atoms with Gasteiger partial charge in [0.05, 0.1) is 0 Å². The van der Waals surface area contributed by atoms with Crippen molar-refractivity contribution in [1.82, 2.24) is 0 Å². The molecule has 2 rings (SSSR count). The molecule has 0 saturated heterocycles. The molecule has 0 atom stereocenters. The van der Waals surface area contributed by atoms with Gasteiger partial charge < -0.3 is 0 Å². The van der Waals surface area contributed by atoms with Crippen molar-refractivity contribution in [3.63, 3.8) is 0 Å². The largest absolute Gasteiger partial charge is 0.0683 e. The predicted molar refractivity (Wildman–Crippen MR) is 87.2 cm³/mol. The van der Waals surface area contributed by atoms with Crippen LogP contribution in [0.5, 0.6) is 0 Å². The maximum atomic E-state index is 2.36. The summed E-state index contributed by atoms with van der Waals surface area (Å²) in [5.41, 5.74) is 0. The molecule has 0 amide bonds. The molecule has 0 spiro atoms. The lowest BCUT2D eigenvalue weighted by Gasteiger charge is -2.15. The molecule has 112 valence electrons. The van der Waals surface area contributed by atoms with E-state index >= 15 is 0 Å². The highest BCUT2D eigenvalue weighted by molar-refractivity contribution is 4.60. The van der Waals surface area contributed by atoms with Gasteiger partial charge in [-0.2, -0.15) is 0 Å². The van der Waals surface area contributed by atoms with Crippen LogP contribution in [0.25, 0.3) is 0 Å². The average Bonchev–Trinajstić information content (AvgIpc) is 2.46. The number of hydrogen-bond acceptors (Lipinski definition) is 0. The Balaban J connectivity index is 0. The molecule has 0 heteroatoms. The highest BCUT2D eigenvalue weighted by Crippen LogP contribution is 2.22. The van der Waals surface area contributed by atoms with E-state index in [0.29, 0.717) is 0 Å². The zero-order chi connectivity index (χ0) is 14.2. The summed E-state index contributed by atoms with van der Waals surface area (Å²) in [4.78, 5) is 0. The van der Waals surface area contributed by atoms with Crippen LogP contribution in [0, 0.1) is 11.8 Å². The van der Waals surface area contributed by atoms with E-state index in [9.17, 15) is 0 Å². The van der Waals surface area contributed by atoms with Gasteiger partial charge >= 0.3 is 0 Å². The van der Waals surface area contributed by atoms with Gasteiger partial charge in [0, 0.05) is 0 Å². The molecular weight excluding hydrogens is 216 g/mol. The molecule has 2 aliphatic carbocycles. The van der Waals surface area contributed by atoms with Gasteiger partial charge in [0.2, 0.25) is 0 Å². The molecule has 0 nitrogen and oxygen atoms in total. The SMILES string of the molecule is CC.CC.CC1CCCCC1.CC1CCCCC1. The van der Waals surface area contributed by atoms with Gasteiger partial charge in [-0.1, -0.05) is 106 Å². The van der Waals surface area contributed by atoms with Crippen LogP contribution in [-0.4, -0.2) is 0 Å². The van der Waals surface area contributed by atoms with Gasteiger partial charge in [-0.15, -0.1) is 0 Å². The number of rotatable bonds is 0. The molecule has 0 aromatic heterocycles. The van der Waals surface area contributed by atoms with Crippen molar-refractivity contribution in [2.45, 2.75) is 106 Å². The van der Waals surface area contributed by atoms with Crippen molar-refractivity contribution >= 4 is 0 Å². The first kappa shape index (κ1) is 20.3. The lowest BCUT2D eigenvalue weighted by molar-refractivity contribution is 0.385. The van der Waals surface area contributed by atoms with E-state index in [1.54, 1.807) is 0 Å². The lowest BCUT2D eigenvalue weighted by Crippen LogP contribution is -1.99. The highest BCUT2D eigenvalue weighted by atomic mass is 14.1. The summed E-state index contributed by atoms with van der Waals surface area (Å²) in [5, 5.41) is 0. The number of hydrogen-bond donors (Lipinski definition) is 0. The lowest BCUT2D eigenvalue weighted by atomic mass is 9.91. The molecule has 2 saturated carbocycles. The normalized spacial score (nSPS) is 20.3. The minimum atomic E-state index is 1.04. The second-order valence-electron chi connectivity index (χ2n) is 5.49. The molecule has 0 aliphatic heterocycles. The third-order valence-corrected chi connectivity index (χ3v) is 3.79. The second kappa shape index (κ2) is 17.0. The second-order valence-corrected chi connectivity index (χ2v) is 5.49. The zero-order valence-electron chi connectivity index (χ0n) is 14.2. The molecule has 2 aliphatic rings. The third-order valence-electron chi connectivity index (χ3n) is 3.79. The fourth-order valence-electron chi connectivity index (χ4n) is 2.61. The van der Waals surface area contributed by atoms with Gasteiger partial charge in [-0.05, 0) is 11.8 Å². The first-order chi connectivity index (χ1) is 8.79. The van der Waals surface area contributed by atoms with Crippen LogP contribution in [0.1, 0.15) is 106 Å². The first-order valence-electron chi connectivity index (χ1n) is 8.79. The summed E-state index contributed by atoms with van der Waals surface area (Å²) >= 11 is 0. The van der Waals surface area contributed by atoms with E-state index in [1.807, 2.05) is 27.7 Å². The molecular formula is C18H40. The zero-order valence-corrected chi connectivity index (χ0v) is 14.2. The Labute approximate surface area is 118 Å². The van der Waals surface area contributed by atoms with Gasteiger partial charge in [0.15, 0.2) is 0 Å². The third kappa shape index (κ3) is 14.1. The van der Waals surface area contributed by atoms with Crippen LogP contribution in [-0.2, 0) is 0 Å². The Morgan fingerprint density at radius 1 is 0.444 bits per heavy atom. The fraction of sp³-hybridized carbons (Fsp3) is 1.00. The molecule has 0 aromatic carbocycles. The van der Waals surface area contributed by atoms with Crippen LogP contribution < -0.4 is 0 Å². The first-order valence-corrected chi connectivity index (χ1v) is 8.79. The molecule has 18 heavy (non-hydrogen) atoms. The topological polar surface area (TPSA) is 0 Å². The summed E-state index contributed by atoms with van der Waals surface area (Å²) in [5.74, 6) is 2.07. The molecule has 0 aromatic rings. The van der Waals surface area contributed by atoms with E-state index in [1.165, 1.54) is 64.2 Å². The van der Waals surface area contributed by atoms with Crippen LogP contribution in [0.3, 0.4) is 0 Å². The summed E-state index contributed by atoms with van der Waals surface area (Å²) in [6.45, 7) is 12.7. The summed E-state index contributed by atoms with van der Waals surface area (Å²) in [6, 6.07) is 0. The standard InChI is InChI=1S/2C7H14.2C2H6/c2*1-7-5-3-2-4-6-7;2*1-2/h2*7H,2-6H2,1H3;2*1-2H3. The van der Waals surface area contributed by atoms with E-state index in [-0.39, 0.29) is 0 Å². The van der Waals surface area contributed by atoms with Crippen molar-refractivity contribution in [3.05, 3.63) is 0 Å². The Morgan fingerprint density at radius 3 is 0.778 bits per heavy atom. The minimum absolute atomic E-state index is 1.04. The Hall–Kier alpha value is 0. The van der Waals surface area contributed by atoms with Crippen molar-refractivity contribution in [2.75, 3.05) is 0 Å². The molecule has 0 radical (unpaired) electrons. The van der Waals surface area contributed by atoms with Crippen LogP contribution in [0.15, 0.2) is 0 Å². The molecule has 0 heterocycles. The van der Waals surface area contributed by atoms with E-state index < -0.39 is 0 Å². The molecule has 0 unspecified atom stereocenters. The summed E-state index contributed by atoms with van der Waals surface area (Å²) < 4.78 is 0. The smallest absolute Gasteiger partial charge is 0.0443 e. The van der Waals surface area contributed by atoms with Gasteiger partial charge in [0.1, 0.15) is 0 Å². The van der Waals surface area contributed by atoms with Crippen LogP contribution in [0.2, 0.25) is 0 Å². The highest BCUT2D eigenvalue weighted by Gasteiger charge is 2.06. The van der Waals surface area contributed by atoms with E-state index in [2.05, 4.69) is 13.8 Å². The van der Waals surface area contributed by atoms with Crippen LogP contribution in [0.4, 0.5) is 0 Å². The van der Waals surface area contributed by atoms with Crippen molar-refractivity contribution in [2.24, 2.45) is 11.8 Å². The predicted octanol–water partition coefficient (Wildman–Crippen LogP) is 7.23. The van der Waals surface area contributed by atoms with E-state index in [0.717, 1.165) is 11.8 Å². The Morgan fingerprint density at radius 2 is 0.667 bits per heavy atom. The monoisotopic (exact) mass is 256 g/mol. The average molecular weight is 257 g/mol. The minimum Gasteiger partial charge on any atom is -0.0683 e. The quantitative estimate of drug-likeness (QED) is 0.429. The van der Waals surface area contributed by atoms with Crippen molar-refractivity contribution < 1.29 is 0 Å². The molecule has 0 N–H and O–H groups in total. The van der Waals surface area contributed by atoms with E-state index in [4.69, 9.17) is 0 Å². The van der Waals surface area contributed by atoms with Gasteiger partial charge in [0.25, 0.3) is 0 Å². The van der Waals surface area contributed by atoms with Gasteiger partial charge in [-0.25, -0.2) is 0 Å². The summed E-state index contributed by atoms with van der Waals surface area (Å²) in [7, 11) is 0. The maximum absolute atomic E-state index is 2.36. The van der Waals surface area contributed by atoms with Gasteiger partial charge in [-0.3, -0.25) is 0 Å². The Kier molecular flexibility index (Phi) is 19.2. The van der Waals surface area contributed by atoms with Crippen molar-refractivity contribution in [3.8, 4) is 0 Å². The summed E-state index contributed by atoms with van der Waals surface area (Å²) in [6.07, 6.45) is 14.9.